The van der Waals surface area contributed by atoms with Crippen LogP contribution >= 0.6 is 11.6 Å². The summed E-state index contributed by atoms with van der Waals surface area (Å²) in [7, 11) is 1.26. The number of benzene rings is 2. The van der Waals surface area contributed by atoms with Crippen LogP contribution in [0.25, 0.3) is 11.3 Å². The summed E-state index contributed by atoms with van der Waals surface area (Å²) >= 11 is 5.99. The Bertz CT molecular complexity index is 1070. The molecule has 0 saturated carbocycles. The Morgan fingerprint density at radius 2 is 1.70 bits per heavy atom. The van der Waals surface area contributed by atoms with Gasteiger partial charge in [0, 0.05) is 23.7 Å². The fourth-order valence-electron chi connectivity index (χ4n) is 3.70. The number of fused-ring (bicyclic) bond motifs is 2. The molecule has 1 aromatic heterocycles. The second kappa shape index (κ2) is 6.59. The number of methoxy groups -OCH3 is 1. The van der Waals surface area contributed by atoms with Crippen molar-refractivity contribution < 1.29 is 19.4 Å². The smallest absolute Gasteiger partial charge is 0.340 e. The van der Waals surface area contributed by atoms with Crippen LogP contribution < -0.4 is 0 Å². The lowest BCUT2D eigenvalue weighted by Crippen LogP contribution is -2.17. The van der Waals surface area contributed by atoms with Crippen LogP contribution in [0.5, 0.6) is 0 Å². The average molecular weight is 382 g/mol. The molecule has 0 fully saturated rings. The number of rotatable bonds is 3. The molecule has 5 nitrogen and oxygen atoms in total. The van der Waals surface area contributed by atoms with Gasteiger partial charge in [0.1, 0.15) is 5.56 Å². The monoisotopic (exact) mass is 381 g/mol. The van der Waals surface area contributed by atoms with Crippen LogP contribution in [0.15, 0.2) is 48.5 Å². The normalized spacial score (nSPS) is 12.2. The Hall–Kier alpha value is -3.05. The standard InChI is InChI=1S/C21H16ClNO4/c1-27-21(26)17-16-10-13-4-2-3-5-14(13)11-23(16)19(18(17)20(24)25)12-6-8-15(22)9-7-12/h2-9H,10-11H2,1H3,(H,24,25). The lowest BCUT2D eigenvalue weighted by atomic mass is 9.97. The molecule has 0 bridgehead atoms. The molecule has 0 aliphatic carbocycles. The van der Waals surface area contributed by atoms with Crippen molar-refractivity contribution in [3.63, 3.8) is 0 Å². The molecule has 1 aliphatic rings. The maximum Gasteiger partial charge on any atom is 0.340 e. The Balaban J connectivity index is 2.04. The number of hydrogen-bond donors (Lipinski definition) is 1. The van der Waals surface area contributed by atoms with E-state index in [9.17, 15) is 14.7 Å². The van der Waals surface area contributed by atoms with Gasteiger partial charge in [0.05, 0.1) is 18.4 Å². The van der Waals surface area contributed by atoms with E-state index in [1.165, 1.54) is 7.11 Å². The molecular formula is C21H16ClNO4. The van der Waals surface area contributed by atoms with E-state index >= 15 is 0 Å². The quantitative estimate of drug-likeness (QED) is 0.539. The Morgan fingerprint density at radius 3 is 2.33 bits per heavy atom. The van der Waals surface area contributed by atoms with Crippen LogP contribution in [0.4, 0.5) is 0 Å². The number of nitrogens with zero attached hydrogens (tertiary/aromatic N) is 1. The predicted octanol–water partition coefficient (Wildman–Crippen LogP) is 4.25. The number of aromatic nitrogens is 1. The molecule has 0 saturated heterocycles. The second-order valence-corrected chi connectivity index (χ2v) is 6.82. The average Bonchev–Trinajstić information content (AvgIpc) is 3.00. The highest BCUT2D eigenvalue weighted by Gasteiger charge is 2.34. The number of carboxylic acid groups (broad SMARTS) is 1. The zero-order valence-electron chi connectivity index (χ0n) is 14.5. The van der Waals surface area contributed by atoms with Crippen LogP contribution in [-0.2, 0) is 17.7 Å². The van der Waals surface area contributed by atoms with Crippen molar-refractivity contribution in [2.24, 2.45) is 0 Å². The van der Waals surface area contributed by atoms with E-state index in [4.69, 9.17) is 16.3 Å². The summed E-state index contributed by atoms with van der Waals surface area (Å²) in [5.74, 6) is -1.80. The summed E-state index contributed by atoms with van der Waals surface area (Å²) in [5, 5.41) is 10.5. The molecule has 6 heteroatoms. The van der Waals surface area contributed by atoms with Crippen molar-refractivity contribution >= 4 is 23.5 Å². The Kier molecular flexibility index (Phi) is 4.24. The highest BCUT2D eigenvalue weighted by atomic mass is 35.5. The number of halogens is 1. The molecule has 1 aliphatic heterocycles. The van der Waals surface area contributed by atoms with Gasteiger partial charge in [0.15, 0.2) is 0 Å². The SMILES string of the molecule is COC(=O)c1c(C(=O)O)c(-c2ccc(Cl)cc2)n2c1Cc1ccccc1C2. The summed E-state index contributed by atoms with van der Waals surface area (Å²) < 4.78 is 6.82. The molecule has 3 aromatic rings. The van der Waals surface area contributed by atoms with Crippen LogP contribution in [0, 0.1) is 0 Å². The maximum absolute atomic E-state index is 12.5. The van der Waals surface area contributed by atoms with Crippen molar-refractivity contribution in [2.45, 2.75) is 13.0 Å². The van der Waals surface area contributed by atoms with E-state index in [0.29, 0.717) is 34.9 Å². The molecule has 0 unspecified atom stereocenters. The number of esters is 1. The van der Waals surface area contributed by atoms with E-state index in [2.05, 4.69) is 0 Å². The zero-order chi connectivity index (χ0) is 19.1. The van der Waals surface area contributed by atoms with Gasteiger partial charge in [-0.2, -0.15) is 0 Å². The number of hydrogen-bond acceptors (Lipinski definition) is 3. The summed E-state index contributed by atoms with van der Waals surface area (Å²) in [4.78, 5) is 24.6. The van der Waals surface area contributed by atoms with Crippen LogP contribution in [0.1, 0.15) is 37.5 Å². The molecule has 136 valence electrons. The van der Waals surface area contributed by atoms with E-state index in [0.717, 1.165) is 11.1 Å². The molecule has 2 heterocycles. The van der Waals surface area contributed by atoms with Crippen molar-refractivity contribution in [2.75, 3.05) is 7.11 Å². The molecular weight excluding hydrogens is 366 g/mol. The van der Waals surface area contributed by atoms with Gasteiger partial charge >= 0.3 is 11.9 Å². The Labute approximate surface area is 160 Å². The fraction of sp³-hybridized carbons (Fsp3) is 0.143. The summed E-state index contributed by atoms with van der Waals surface area (Å²) in [6, 6.07) is 14.8. The van der Waals surface area contributed by atoms with E-state index in [-0.39, 0.29) is 11.1 Å². The molecule has 1 N–H and O–H groups in total. The number of aromatic carboxylic acids is 1. The van der Waals surface area contributed by atoms with Crippen molar-refractivity contribution in [1.29, 1.82) is 0 Å². The van der Waals surface area contributed by atoms with Crippen LogP contribution in [0.2, 0.25) is 5.02 Å². The summed E-state index contributed by atoms with van der Waals surface area (Å²) in [6.07, 6.45) is 0.467. The van der Waals surface area contributed by atoms with Crippen LogP contribution in [-0.4, -0.2) is 28.7 Å². The van der Waals surface area contributed by atoms with Gasteiger partial charge in [-0.1, -0.05) is 48.0 Å². The minimum atomic E-state index is -1.16. The van der Waals surface area contributed by atoms with Crippen molar-refractivity contribution in [3.05, 3.63) is 81.5 Å². The number of carbonyl (C=O) groups excluding carboxylic acids is 1. The third kappa shape index (κ3) is 2.80. The lowest BCUT2D eigenvalue weighted by molar-refractivity contribution is 0.0582. The number of ether oxygens (including phenoxy) is 1. The topological polar surface area (TPSA) is 68.5 Å². The first-order valence-electron chi connectivity index (χ1n) is 8.41. The van der Waals surface area contributed by atoms with Gasteiger partial charge in [-0.15, -0.1) is 0 Å². The van der Waals surface area contributed by atoms with Gasteiger partial charge in [0.25, 0.3) is 0 Å². The van der Waals surface area contributed by atoms with Gasteiger partial charge in [-0.3, -0.25) is 0 Å². The molecule has 0 radical (unpaired) electrons. The fourth-order valence-corrected chi connectivity index (χ4v) is 3.82. The van der Waals surface area contributed by atoms with E-state index in [1.54, 1.807) is 24.3 Å². The van der Waals surface area contributed by atoms with Crippen LogP contribution in [0.3, 0.4) is 0 Å². The highest BCUT2D eigenvalue weighted by molar-refractivity contribution is 6.30. The Morgan fingerprint density at radius 1 is 1.04 bits per heavy atom. The molecule has 27 heavy (non-hydrogen) atoms. The van der Waals surface area contributed by atoms with Gasteiger partial charge < -0.3 is 14.4 Å². The largest absolute Gasteiger partial charge is 0.478 e. The lowest BCUT2D eigenvalue weighted by Gasteiger charge is -2.22. The van der Waals surface area contributed by atoms with Gasteiger partial charge in [-0.25, -0.2) is 9.59 Å². The summed E-state index contributed by atoms with van der Waals surface area (Å²) in [6.45, 7) is 0.487. The first-order chi connectivity index (χ1) is 13.0. The second-order valence-electron chi connectivity index (χ2n) is 6.38. The highest BCUT2D eigenvalue weighted by Crippen LogP contribution is 2.37. The first-order valence-corrected chi connectivity index (χ1v) is 8.78. The first kappa shape index (κ1) is 17.4. The third-order valence-electron chi connectivity index (χ3n) is 4.90. The van der Waals surface area contributed by atoms with Gasteiger partial charge in [-0.05, 0) is 28.8 Å². The minimum Gasteiger partial charge on any atom is -0.478 e. The molecule has 4 rings (SSSR count). The summed E-state index contributed by atoms with van der Waals surface area (Å²) in [5.41, 5.74) is 4.09. The maximum atomic E-state index is 12.5. The zero-order valence-corrected chi connectivity index (χ0v) is 15.3. The third-order valence-corrected chi connectivity index (χ3v) is 5.15. The van der Waals surface area contributed by atoms with Gasteiger partial charge in [0.2, 0.25) is 0 Å². The number of carbonyl (C=O) groups is 2. The molecule has 0 atom stereocenters. The minimum absolute atomic E-state index is 0.0352. The van der Waals surface area contributed by atoms with E-state index < -0.39 is 11.9 Å². The van der Waals surface area contributed by atoms with Crippen molar-refractivity contribution in [1.82, 2.24) is 4.57 Å². The number of carboxylic acids is 1. The van der Waals surface area contributed by atoms with Crippen molar-refractivity contribution in [3.8, 4) is 11.3 Å². The van der Waals surface area contributed by atoms with E-state index in [1.807, 2.05) is 28.8 Å². The molecule has 2 aromatic carbocycles. The predicted molar refractivity (Wildman–Crippen MR) is 102 cm³/mol. The molecule has 0 spiro atoms. The molecule has 0 amide bonds.